The van der Waals surface area contributed by atoms with Crippen LogP contribution in [0.25, 0.3) is 0 Å². The highest BCUT2D eigenvalue weighted by Gasteiger charge is 2.28. The number of hydrogen-bond acceptors (Lipinski definition) is 6. The predicted octanol–water partition coefficient (Wildman–Crippen LogP) is 5.92. The van der Waals surface area contributed by atoms with Gasteiger partial charge in [0.25, 0.3) is 0 Å². The second-order valence-electron chi connectivity index (χ2n) is 10.9. The van der Waals surface area contributed by atoms with Gasteiger partial charge in [0.2, 0.25) is 5.91 Å². The first kappa shape index (κ1) is 33.3. The highest BCUT2D eigenvalue weighted by molar-refractivity contribution is 6.28. The predicted molar refractivity (Wildman–Crippen MR) is 178 cm³/mol. The van der Waals surface area contributed by atoms with Gasteiger partial charge in [-0.05, 0) is 83.5 Å². The van der Waals surface area contributed by atoms with Crippen LogP contribution in [0, 0.1) is 5.41 Å². The highest BCUT2D eigenvalue weighted by atomic mass is 16.5. The minimum atomic E-state index is 0.0316. The molecule has 2 fully saturated rings. The average Bonchev–Trinajstić information content (AvgIpc) is 3.42. The molecule has 43 heavy (non-hydrogen) atoms. The molecule has 1 unspecified atom stereocenters. The van der Waals surface area contributed by atoms with Crippen LogP contribution in [0.15, 0.2) is 95.7 Å². The summed E-state index contributed by atoms with van der Waals surface area (Å²) in [7, 11) is 2.12. The van der Waals surface area contributed by atoms with Gasteiger partial charge < -0.3 is 20.7 Å². The Morgan fingerprint density at radius 3 is 2.40 bits per heavy atom. The molecule has 2 aliphatic rings. The number of allylic oxidation sites excluding steroid dienone is 2. The van der Waals surface area contributed by atoms with Crippen molar-refractivity contribution in [2.24, 2.45) is 10.7 Å². The third kappa shape index (κ3) is 9.96. The molecule has 230 valence electrons. The Kier molecular flexibility index (Phi) is 13.2. The zero-order valence-corrected chi connectivity index (χ0v) is 26.2. The maximum absolute atomic E-state index is 12.8. The van der Waals surface area contributed by atoms with Gasteiger partial charge in [0.15, 0.2) is 0 Å². The molecule has 4 N–H and O–H groups in total. The van der Waals surface area contributed by atoms with E-state index in [1.54, 1.807) is 19.1 Å². The van der Waals surface area contributed by atoms with Crippen LogP contribution in [-0.2, 0) is 4.79 Å². The molecular weight excluding hydrogens is 536 g/mol. The van der Waals surface area contributed by atoms with Crippen LogP contribution in [-0.4, -0.2) is 72.6 Å². The number of carbonyl (C=O) groups excluding carboxylic acids is 1. The van der Waals surface area contributed by atoms with E-state index in [1.807, 2.05) is 79.4 Å². The number of para-hydroxylation sites is 1. The zero-order chi connectivity index (χ0) is 31.2. The minimum absolute atomic E-state index is 0.0316. The van der Waals surface area contributed by atoms with E-state index in [9.17, 15) is 4.79 Å². The van der Waals surface area contributed by atoms with Gasteiger partial charge >= 0.3 is 0 Å². The van der Waals surface area contributed by atoms with E-state index >= 15 is 0 Å². The summed E-state index contributed by atoms with van der Waals surface area (Å²) in [5.41, 5.74) is 8.40. The topological polar surface area (TPSA) is 107 Å². The lowest BCUT2D eigenvalue weighted by Crippen LogP contribution is -2.41. The first-order valence-corrected chi connectivity index (χ1v) is 15.2. The Morgan fingerprint density at radius 2 is 1.81 bits per heavy atom. The van der Waals surface area contributed by atoms with E-state index in [2.05, 4.69) is 28.8 Å². The number of amides is 1. The van der Waals surface area contributed by atoms with Gasteiger partial charge in [0.1, 0.15) is 17.3 Å². The molecule has 0 radical (unpaired) electrons. The first-order valence-electron chi connectivity index (χ1n) is 15.2. The molecule has 2 aromatic rings. The van der Waals surface area contributed by atoms with Gasteiger partial charge in [0, 0.05) is 55.6 Å². The minimum Gasteiger partial charge on any atom is -0.457 e. The fourth-order valence-corrected chi connectivity index (χ4v) is 4.99. The van der Waals surface area contributed by atoms with Gasteiger partial charge in [-0.3, -0.25) is 20.1 Å². The normalized spacial score (nSPS) is 17.6. The molecule has 1 aliphatic heterocycles. The molecule has 4 rings (SSSR count). The lowest BCUT2D eigenvalue weighted by Gasteiger charge is -2.33. The molecule has 1 aliphatic carbocycles. The summed E-state index contributed by atoms with van der Waals surface area (Å²) < 4.78 is 5.90. The van der Waals surface area contributed by atoms with E-state index in [4.69, 9.17) is 15.9 Å². The molecule has 1 saturated carbocycles. The Bertz CT molecular complexity index is 1290. The van der Waals surface area contributed by atoms with Gasteiger partial charge in [-0.15, -0.1) is 6.58 Å². The van der Waals surface area contributed by atoms with Crippen LogP contribution < -0.4 is 15.8 Å². The number of carbonyl (C=O) groups is 1. The second kappa shape index (κ2) is 17.1. The smallest absolute Gasteiger partial charge is 0.246 e. The van der Waals surface area contributed by atoms with E-state index in [1.165, 1.54) is 19.3 Å². The van der Waals surface area contributed by atoms with Crippen molar-refractivity contribution < 1.29 is 9.53 Å². The standard InChI is InChI=1S/C32H42N6O2.C3H6/c1-4-35-32(36-25-19-21-38(22-25)29(39)14-9-20-37(3)26-10-8-11-26)30(23(2)33)31(34)24-15-17-28(18-16-24)40-27-12-6-5-7-13-27;1-3-2/h5-7,9,12-18,25-26,34H,4,8,10-11,19-22,33H2,1-3H3,(H,35,36);3H,1H2,2H3/b14-9+,30-23+,34-31?;. The summed E-state index contributed by atoms with van der Waals surface area (Å²) >= 11 is 0. The van der Waals surface area contributed by atoms with Crippen molar-refractivity contribution >= 4 is 17.5 Å². The van der Waals surface area contributed by atoms with Gasteiger partial charge in [-0.25, -0.2) is 0 Å². The van der Waals surface area contributed by atoms with Crippen molar-refractivity contribution in [2.45, 2.75) is 58.5 Å². The zero-order valence-electron chi connectivity index (χ0n) is 26.2. The fraction of sp³-hybridized carbons (Fsp3) is 0.400. The summed E-state index contributed by atoms with van der Waals surface area (Å²) in [6.45, 7) is 11.6. The van der Waals surface area contributed by atoms with Crippen molar-refractivity contribution in [3.63, 3.8) is 0 Å². The molecule has 2 aromatic carbocycles. The SMILES string of the molecule is C=CC.CCN=C(NC1CCN(C(=O)/C=C/CN(C)C2CCC2)C1)/C(C(=N)c1ccc(Oc2ccccc2)cc1)=C(\C)N. The van der Waals surface area contributed by atoms with E-state index in [-0.39, 0.29) is 17.7 Å². The van der Waals surface area contributed by atoms with Crippen LogP contribution in [0.1, 0.15) is 52.0 Å². The number of nitrogens with zero attached hydrogens (tertiary/aromatic N) is 3. The van der Waals surface area contributed by atoms with E-state index in [0.717, 1.165) is 18.7 Å². The molecular formula is C35H48N6O2. The molecule has 0 spiro atoms. The Balaban J connectivity index is 0.00000162. The van der Waals surface area contributed by atoms with Crippen molar-refractivity contribution in [3.8, 4) is 11.5 Å². The van der Waals surface area contributed by atoms with Crippen molar-refractivity contribution in [1.82, 2.24) is 15.1 Å². The average molecular weight is 585 g/mol. The fourth-order valence-electron chi connectivity index (χ4n) is 4.99. The maximum Gasteiger partial charge on any atom is 0.246 e. The van der Waals surface area contributed by atoms with E-state index in [0.29, 0.717) is 54.1 Å². The number of aliphatic imine (C=N–C) groups is 1. The largest absolute Gasteiger partial charge is 0.457 e. The number of hydrogen-bond donors (Lipinski definition) is 3. The Hall–Kier alpha value is -4.17. The number of benzene rings is 2. The third-order valence-corrected chi connectivity index (χ3v) is 7.51. The van der Waals surface area contributed by atoms with Crippen LogP contribution >= 0.6 is 0 Å². The molecule has 1 heterocycles. The summed E-state index contributed by atoms with van der Waals surface area (Å²) in [5, 5.41) is 12.5. The number of rotatable bonds is 11. The van der Waals surface area contributed by atoms with Gasteiger partial charge in [-0.2, -0.15) is 0 Å². The summed E-state index contributed by atoms with van der Waals surface area (Å²) in [6, 6.07) is 17.7. The number of nitrogens with two attached hydrogens (primary N) is 1. The van der Waals surface area contributed by atoms with Gasteiger partial charge in [-0.1, -0.05) is 36.8 Å². The number of likely N-dealkylation sites (N-methyl/N-ethyl adjacent to an activating group) is 1. The summed E-state index contributed by atoms with van der Waals surface area (Å²) in [6.07, 6.45) is 10.0. The molecule has 8 heteroatoms. The van der Waals surface area contributed by atoms with Crippen LogP contribution in [0.3, 0.4) is 0 Å². The highest BCUT2D eigenvalue weighted by Crippen LogP contribution is 2.24. The number of nitrogens with one attached hydrogen (secondary N) is 2. The molecule has 1 atom stereocenters. The van der Waals surface area contributed by atoms with Gasteiger partial charge in [0.05, 0.1) is 11.3 Å². The van der Waals surface area contributed by atoms with Crippen LogP contribution in [0.5, 0.6) is 11.5 Å². The summed E-state index contributed by atoms with van der Waals surface area (Å²) in [4.78, 5) is 21.7. The third-order valence-electron chi connectivity index (χ3n) is 7.51. The maximum atomic E-state index is 12.8. The summed E-state index contributed by atoms with van der Waals surface area (Å²) in [5.74, 6) is 2.08. The molecule has 0 bridgehead atoms. The number of amidine groups is 1. The Morgan fingerprint density at radius 1 is 1.16 bits per heavy atom. The monoisotopic (exact) mass is 584 g/mol. The number of ether oxygens (including phenoxy) is 1. The quantitative estimate of drug-likeness (QED) is 0.132. The second-order valence-corrected chi connectivity index (χ2v) is 10.9. The molecule has 1 saturated heterocycles. The molecule has 1 amide bonds. The van der Waals surface area contributed by atoms with Crippen molar-refractivity contribution in [3.05, 3.63) is 96.2 Å². The number of likely N-dealkylation sites (tertiary alicyclic amines) is 1. The van der Waals surface area contributed by atoms with Crippen LogP contribution in [0.4, 0.5) is 0 Å². The van der Waals surface area contributed by atoms with E-state index < -0.39 is 0 Å². The lowest BCUT2D eigenvalue weighted by atomic mass is 9.92. The molecule has 0 aromatic heterocycles. The lowest BCUT2D eigenvalue weighted by molar-refractivity contribution is -0.125. The Labute approximate surface area is 257 Å². The van der Waals surface area contributed by atoms with Crippen molar-refractivity contribution in [1.29, 1.82) is 5.41 Å². The van der Waals surface area contributed by atoms with Crippen LogP contribution in [0.2, 0.25) is 0 Å². The molecule has 8 nitrogen and oxygen atoms in total. The first-order chi connectivity index (χ1) is 20.8. The van der Waals surface area contributed by atoms with Crippen molar-refractivity contribution in [2.75, 3.05) is 33.2 Å².